The van der Waals surface area contributed by atoms with E-state index in [2.05, 4.69) is 22.8 Å². The van der Waals surface area contributed by atoms with Gasteiger partial charge in [0.05, 0.1) is 0 Å². The minimum Gasteiger partial charge on any atom is -0.326 e. The van der Waals surface area contributed by atoms with Gasteiger partial charge in [-0.2, -0.15) is 0 Å². The number of nitrogens with zero attached hydrogens (tertiary/aromatic N) is 2. The van der Waals surface area contributed by atoms with Crippen LogP contribution in [0.1, 0.15) is 34.6 Å². The highest BCUT2D eigenvalue weighted by molar-refractivity contribution is 7.12. The standard InChI is InChI=1S/C15H25N3S/c1-12-13(8-15(9-16)19-12)10-17-7-4-14(11-17)18-5-2-3-6-18/h8,14H,2-7,9-11,16H2,1H3. The average molecular weight is 279 g/mol. The molecule has 2 N–H and O–H groups in total. The molecule has 1 unspecified atom stereocenters. The highest BCUT2D eigenvalue weighted by Crippen LogP contribution is 2.26. The lowest BCUT2D eigenvalue weighted by Gasteiger charge is -2.23. The van der Waals surface area contributed by atoms with E-state index in [4.69, 9.17) is 5.73 Å². The maximum absolute atomic E-state index is 5.74. The van der Waals surface area contributed by atoms with Crippen LogP contribution in [0.15, 0.2) is 6.07 Å². The quantitative estimate of drug-likeness (QED) is 0.917. The third kappa shape index (κ3) is 3.02. The molecule has 19 heavy (non-hydrogen) atoms. The Kier molecular flexibility index (Phi) is 4.22. The van der Waals surface area contributed by atoms with Crippen LogP contribution < -0.4 is 5.73 Å². The lowest BCUT2D eigenvalue weighted by atomic mass is 10.2. The van der Waals surface area contributed by atoms with Gasteiger partial charge in [0.25, 0.3) is 0 Å². The van der Waals surface area contributed by atoms with Crippen molar-refractivity contribution in [2.45, 2.75) is 45.3 Å². The summed E-state index contributed by atoms with van der Waals surface area (Å²) in [5, 5.41) is 0. The molecule has 2 aliphatic heterocycles. The number of aryl methyl sites for hydroxylation is 1. The van der Waals surface area contributed by atoms with E-state index in [9.17, 15) is 0 Å². The van der Waals surface area contributed by atoms with Crippen molar-refractivity contribution in [3.63, 3.8) is 0 Å². The van der Waals surface area contributed by atoms with Crippen LogP contribution in [0, 0.1) is 6.92 Å². The fourth-order valence-electron chi connectivity index (χ4n) is 3.45. The molecular formula is C15H25N3S. The van der Waals surface area contributed by atoms with Gasteiger partial charge in [-0.05, 0) is 50.9 Å². The van der Waals surface area contributed by atoms with Crippen LogP contribution in [0.3, 0.4) is 0 Å². The van der Waals surface area contributed by atoms with Crippen molar-refractivity contribution >= 4 is 11.3 Å². The van der Waals surface area contributed by atoms with Crippen molar-refractivity contribution < 1.29 is 0 Å². The molecule has 0 saturated carbocycles. The Hall–Kier alpha value is -0.420. The number of likely N-dealkylation sites (tertiary alicyclic amines) is 2. The molecule has 0 amide bonds. The fraction of sp³-hybridized carbons (Fsp3) is 0.733. The summed E-state index contributed by atoms with van der Waals surface area (Å²) in [6.45, 7) is 9.20. The molecule has 3 nitrogen and oxygen atoms in total. The molecule has 0 bridgehead atoms. The lowest BCUT2D eigenvalue weighted by molar-refractivity contribution is 0.230. The highest BCUT2D eigenvalue weighted by Gasteiger charge is 2.29. The van der Waals surface area contributed by atoms with Gasteiger partial charge >= 0.3 is 0 Å². The second-order valence-corrected chi connectivity index (χ2v) is 7.26. The molecule has 0 aromatic carbocycles. The van der Waals surface area contributed by atoms with E-state index in [0.717, 1.165) is 12.6 Å². The minimum atomic E-state index is 0.682. The zero-order valence-electron chi connectivity index (χ0n) is 11.9. The molecule has 2 fully saturated rings. The molecule has 3 heterocycles. The molecule has 0 radical (unpaired) electrons. The Labute approximate surface area is 120 Å². The zero-order chi connectivity index (χ0) is 13.2. The maximum Gasteiger partial charge on any atom is 0.0274 e. The van der Waals surface area contributed by atoms with Crippen molar-refractivity contribution in [3.05, 3.63) is 21.4 Å². The first-order chi connectivity index (χ1) is 9.26. The molecule has 2 saturated heterocycles. The third-order valence-electron chi connectivity index (χ3n) is 4.57. The van der Waals surface area contributed by atoms with Gasteiger partial charge in [0.15, 0.2) is 0 Å². The summed E-state index contributed by atoms with van der Waals surface area (Å²) in [4.78, 5) is 8.09. The van der Waals surface area contributed by atoms with Crippen LogP contribution in [0.5, 0.6) is 0 Å². The van der Waals surface area contributed by atoms with E-state index in [1.165, 1.54) is 60.8 Å². The molecule has 1 atom stereocenters. The number of hydrogen-bond acceptors (Lipinski definition) is 4. The molecule has 0 aliphatic carbocycles. The first-order valence-corrected chi connectivity index (χ1v) is 8.32. The smallest absolute Gasteiger partial charge is 0.0274 e. The fourth-order valence-corrected chi connectivity index (χ4v) is 4.38. The Bertz CT molecular complexity index is 423. The van der Waals surface area contributed by atoms with Crippen LogP contribution in [0.25, 0.3) is 0 Å². The maximum atomic E-state index is 5.74. The van der Waals surface area contributed by atoms with Gasteiger partial charge in [-0.1, -0.05) is 0 Å². The molecule has 0 spiro atoms. The van der Waals surface area contributed by atoms with Gasteiger partial charge in [-0.25, -0.2) is 0 Å². The molecule has 106 valence electrons. The summed E-state index contributed by atoms with van der Waals surface area (Å²) in [5.74, 6) is 0. The van der Waals surface area contributed by atoms with Crippen molar-refractivity contribution in [3.8, 4) is 0 Å². The largest absolute Gasteiger partial charge is 0.326 e. The second-order valence-electron chi connectivity index (χ2n) is 5.92. The average Bonchev–Trinajstić information content (AvgIpc) is 3.11. The molecule has 1 aromatic rings. The second kappa shape index (κ2) is 5.92. The number of hydrogen-bond donors (Lipinski definition) is 1. The zero-order valence-corrected chi connectivity index (χ0v) is 12.7. The van der Waals surface area contributed by atoms with Crippen molar-refractivity contribution in [2.24, 2.45) is 5.73 Å². The monoisotopic (exact) mass is 279 g/mol. The minimum absolute atomic E-state index is 0.682. The van der Waals surface area contributed by atoms with Gasteiger partial charge < -0.3 is 5.73 Å². The van der Waals surface area contributed by atoms with Gasteiger partial charge in [-0.15, -0.1) is 11.3 Å². The predicted octanol–water partition coefficient (Wildman–Crippen LogP) is 2.19. The first-order valence-electron chi connectivity index (χ1n) is 7.51. The normalized spacial score (nSPS) is 25.5. The third-order valence-corrected chi connectivity index (χ3v) is 5.69. The van der Waals surface area contributed by atoms with Crippen molar-refractivity contribution in [1.29, 1.82) is 0 Å². The number of nitrogens with two attached hydrogens (primary N) is 1. The van der Waals surface area contributed by atoms with Crippen LogP contribution in [0.2, 0.25) is 0 Å². The van der Waals surface area contributed by atoms with E-state index in [1.807, 2.05) is 11.3 Å². The van der Waals surface area contributed by atoms with Crippen LogP contribution in [-0.2, 0) is 13.1 Å². The molecular weight excluding hydrogens is 254 g/mol. The molecule has 1 aromatic heterocycles. The number of thiophene rings is 1. The Morgan fingerprint density at radius 1 is 1.32 bits per heavy atom. The van der Waals surface area contributed by atoms with Gasteiger partial charge in [0, 0.05) is 42.0 Å². The van der Waals surface area contributed by atoms with Crippen molar-refractivity contribution in [1.82, 2.24) is 9.80 Å². The summed E-state index contributed by atoms with van der Waals surface area (Å²) in [6.07, 6.45) is 4.16. The summed E-state index contributed by atoms with van der Waals surface area (Å²) >= 11 is 1.86. The highest BCUT2D eigenvalue weighted by atomic mass is 32.1. The summed E-state index contributed by atoms with van der Waals surface area (Å²) in [5.41, 5.74) is 7.23. The van der Waals surface area contributed by atoms with E-state index in [1.54, 1.807) is 0 Å². The molecule has 2 aliphatic rings. The Morgan fingerprint density at radius 3 is 2.79 bits per heavy atom. The summed E-state index contributed by atoms with van der Waals surface area (Å²) in [6, 6.07) is 3.12. The summed E-state index contributed by atoms with van der Waals surface area (Å²) in [7, 11) is 0. The lowest BCUT2D eigenvalue weighted by Crippen LogP contribution is -2.35. The SMILES string of the molecule is Cc1sc(CN)cc1CN1CCC(N2CCCC2)C1. The van der Waals surface area contributed by atoms with Gasteiger partial charge in [-0.3, -0.25) is 9.80 Å². The first kappa shape index (κ1) is 13.6. The Morgan fingerprint density at radius 2 is 2.11 bits per heavy atom. The predicted molar refractivity (Wildman–Crippen MR) is 81.4 cm³/mol. The van der Waals surface area contributed by atoms with E-state index < -0.39 is 0 Å². The summed E-state index contributed by atoms with van der Waals surface area (Å²) < 4.78 is 0. The number of rotatable bonds is 4. The van der Waals surface area contributed by atoms with E-state index >= 15 is 0 Å². The van der Waals surface area contributed by atoms with Crippen LogP contribution in [-0.4, -0.2) is 42.0 Å². The van der Waals surface area contributed by atoms with Gasteiger partial charge in [0.2, 0.25) is 0 Å². The molecule has 3 rings (SSSR count). The topological polar surface area (TPSA) is 32.5 Å². The van der Waals surface area contributed by atoms with E-state index in [-0.39, 0.29) is 0 Å². The van der Waals surface area contributed by atoms with E-state index in [0.29, 0.717) is 6.54 Å². The van der Waals surface area contributed by atoms with Gasteiger partial charge in [0.1, 0.15) is 0 Å². The van der Waals surface area contributed by atoms with Crippen molar-refractivity contribution in [2.75, 3.05) is 26.2 Å². The van der Waals surface area contributed by atoms with Crippen LogP contribution in [0.4, 0.5) is 0 Å². The van der Waals surface area contributed by atoms with Crippen LogP contribution >= 0.6 is 11.3 Å². The Balaban J connectivity index is 1.57. The molecule has 4 heteroatoms.